The zero-order valence-corrected chi connectivity index (χ0v) is 11.3. The molecule has 0 radical (unpaired) electrons. The summed E-state index contributed by atoms with van der Waals surface area (Å²) in [7, 11) is 0. The summed E-state index contributed by atoms with van der Waals surface area (Å²) in [5, 5.41) is 10.7. The first-order chi connectivity index (χ1) is 8.59. The molecule has 3 heteroatoms. The lowest BCUT2D eigenvalue weighted by molar-refractivity contribution is -0.0783. The van der Waals surface area contributed by atoms with Gasteiger partial charge in [0.05, 0.1) is 12.7 Å². The summed E-state index contributed by atoms with van der Waals surface area (Å²) in [6, 6.07) is 6.16. The van der Waals surface area contributed by atoms with Gasteiger partial charge < -0.3 is 15.6 Å². The largest absolute Gasteiger partial charge is 0.388 e. The predicted octanol–water partition coefficient (Wildman–Crippen LogP) is 2.09. The van der Waals surface area contributed by atoms with Crippen molar-refractivity contribution in [2.24, 2.45) is 11.1 Å². The Morgan fingerprint density at radius 3 is 2.78 bits per heavy atom. The highest BCUT2D eigenvalue weighted by molar-refractivity contribution is 5.33. The first-order valence-electron chi connectivity index (χ1n) is 6.62. The minimum atomic E-state index is -0.539. The molecular weight excluding hydrogens is 226 g/mol. The summed E-state index contributed by atoms with van der Waals surface area (Å²) in [6.07, 6.45) is 1.36. The maximum absolute atomic E-state index is 10.7. The van der Waals surface area contributed by atoms with Gasteiger partial charge in [0.15, 0.2) is 0 Å². The average Bonchev–Trinajstić information content (AvgIpc) is 2.39. The first-order valence-corrected chi connectivity index (χ1v) is 6.62. The van der Waals surface area contributed by atoms with Crippen LogP contribution in [0.15, 0.2) is 18.2 Å². The van der Waals surface area contributed by atoms with E-state index in [0.717, 1.165) is 30.6 Å². The summed E-state index contributed by atoms with van der Waals surface area (Å²) in [4.78, 5) is 0. The minimum absolute atomic E-state index is 0.321. The Balaban J connectivity index is 2.30. The van der Waals surface area contributed by atoms with Gasteiger partial charge in [-0.1, -0.05) is 23.8 Å². The number of nitrogens with two attached hydrogens (primary N) is 1. The fourth-order valence-electron chi connectivity index (χ4n) is 2.82. The second-order valence-corrected chi connectivity index (χ2v) is 5.49. The molecule has 1 heterocycles. The fourth-order valence-corrected chi connectivity index (χ4v) is 2.82. The Kier molecular flexibility index (Phi) is 4.05. The summed E-state index contributed by atoms with van der Waals surface area (Å²) in [6.45, 7) is 5.89. The number of hydrogen-bond donors (Lipinski definition) is 2. The van der Waals surface area contributed by atoms with E-state index in [4.69, 9.17) is 10.5 Å². The van der Waals surface area contributed by atoms with Crippen molar-refractivity contribution >= 4 is 0 Å². The normalized spacial score (nSPS) is 26.0. The second-order valence-electron chi connectivity index (χ2n) is 5.49. The second kappa shape index (κ2) is 5.39. The lowest BCUT2D eigenvalue weighted by Gasteiger charge is -2.40. The molecule has 18 heavy (non-hydrogen) atoms. The number of benzene rings is 1. The monoisotopic (exact) mass is 249 g/mol. The summed E-state index contributed by atoms with van der Waals surface area (Å²) >= 11 is 0. The lowest BCUT2D eigenvalue weighted by Crippen LogP contribution is -2.43. The summed E-state index contributed by atoms with van der Waals surface area (Å²) in [5.41, 5.74) is 8.92. The predicted molar refractivity (Wildman–Crippen MR) is 72.4 cm³/mol. The summed E-state index contributed by atoms with van der Waals surface area (Å²) < 4.78 is 5.54. The molecule has 1 aliphatic rings. The number of aliphatic hydroxyl groups is 1. The first kappa shape index (κ1) is 13.5. The van der Waals surface area contributed by atoms with Gasteiger partial charge >= 0.3 is 0 Å². The van der Waals surface area contributed by atoms with E-state index in [2.05, 4.69) is 13.0 Å². The van der Waals surface area contributed by atoms with E-state index < -0.39 is 6.10 Å². The highest BCUT2D eigenvalue weighted by atomic mass is 16.5. The van der Waals surface area contributed by atoms with E-state index >= 15 is 0 Å². The Morgan fingerprint density at radius 1 is 1.44 bits per heavy atom. The molecule has 1 saturated heterocycles. The third kappa shape index (κ3) is 2.44. The van der Waals surface area contributed by atoms with Crippen LogP contribution in [0.5, 0.6) is 0 Å². The Hall–Kier alpha value is -0.900. The van der Waals surface area contributed by atoms with Gasteiger partial charge in [0, 0.05) is 18.6 Å². The van der Waals surface area contributed by atoms with Crippen LogP contribution in [0, 0.1) is 19.3 Å². The van der Waals surface area contributed by atoms with Crippen molar-refractivity contribution in [2.45, 2.75) is 32.8 Å². The van der Waals surface area contributed by atoms with Crippen molar-refractivity contribution in [1.29, 1.82) is 0 Å². The van der Waals surface area contributed by atoms with Crippen molar-refractivity contribution < 1.29 is 9.84 Å². The number of aliphatic hydroxyl groups excluding tert-OH is 1. The van der Waals surface area contributed by atoms with Crippen molar-refractivity contribution in [2.75, 3.05) is 19.8 Å². The Labute approximate surface area is 109 Å². The molecule has 0 bridgehead atoms. The van der Waals surface area contributed by atoms with Crippen LogP contribution in [0.4, 0.5) is 0 Å². The van der Waals surface area contributed by atoms with Crippen molar-refractivity contribution in [3.63, 3.8) is 0 Å². The molecule has 1 aromatic rings. The van der Waals surface area contributed by atoms with Crippen LogP contribution >= 0.6 is 0 Å². The molecule has 100 valence electrons. The topological polar surface area (TPSA) is 55.5 Å². The SMILES string of the molecule is Cc1ccc(C(O)C2(CN)CCCOC2)c(C)c1. The molecule has 3 N–H and O–H groups in total. The summed E-state index contributed by atoms with van der Waals surface area (Å²) in [5.74, 6) is 0. The molecule has 0 spiro atoms. The molecule has 0 aromatic heterocycles. The fraction of sp³-hybridized carbons (Fsp3) is 0.600. The van der Waals surface area contributed by atoms with Crippen LogP contribution in [0.2, 0.25) is 0 Å². The lowest BCUT2D eigenvalue weighted by atomic mass is 9.74. The molecule has 3 nitrogen and oxygen atoms in total. The molecule has 0 saturated carbocycles. The van der Waals surface area contributed by atoms with Gasteiger partial charge in [0.2, 0.25) is 0 Å². The minimum Gasteiger partial charge on any atom is -0.388 e. The zero-order chi connectivity index (χ0) is 13.2. The molecule has 0 aliphatic carbocycles. The molecule has 1 aromatic carbocycles. The standard InChI is InChI=1S/C15H23NO2/c1-11-4-5-13(12(2)8-11)14(17)15(9-16)6-3-7-18-10-15/h4-5,8,14,17H,3,6-7,9-10,16H2,1-2H3. The van der Waals surface area contributed by atoms with Gasteiger partial charge in [0.1, 0.15) is 0 Å². The molecule has 2 atom stereocenters. The van der Waals surface area contributed by atoms with Crippen LogP contribution in [-0.2, 0) is 4.74 Å². The Bertz CT molecular complexity index is 411. The van der Waals surface area contributed by atoms with Gasteiger partial charge in [-0.25, -0.2) is 0 Å². The molecular formula is C15H23NO2. The maximum Gasteiger partial charge on any atom is 0.0883 e. The van der Waals surface area contributed by atoms with Crippen molar-refractivity contribution in [1.82, 2.24) is 0 Å². The zero-order valence-electron chi connectivity index (χ0n) is 11.3. The van der Waals surface area contributed by atoms with E-state index in [9.17, 15) is 5.11 Å². The van der Waals surface area contributed by atoms with Gasteiger partial charge in [-0.05, 0) is 37.8 Å². The molecule has 1 aliphatic heterocycles. The highest BCUT2D eigenvalue weighted by Crippen LogP contribution is 2.41. The van der Waals surface area contributed by atoms with Crippen molar-refractivity contribution in [3.05, 3.63) is 34.9 Å². The molecule has 0 amide bonds. The van der Waals surface area contributed by atoms with Crippen LogP contribution < -0.4 is 5.73 Å². The third-order valence-electron chi connectivity index (χ3n) is 4.06. The quantitative estimate of drug-likeness (QED) is 0.862. The molecule has 2 rings (SSSR count). The van der Waals surface area contributed by atoms with Crippen molar-refractivity contribution in [3.8, 4) is 0 Å². The van der Waals surface area contributed by atoms with Crippen LogP contribution in [0.3, 0.4) is 0 Å². The third-order valence-corrected chi connectivity index (χ3v) is 4.06. The van der Waals surface area contributed by atoms with Gasteiger partial charge in [-0.3, -0.25) is 0 Å². The molecule has 1 fully saturated rings. The van der Waals surface area contributed by atoms with Crippen LogP contribution in [-0.4, -0.2) is 24.9 Å². The number of aryl methyl sites for hydroxylation is 2. The van der Waals surface area contributed by atoms with Gasteiger partial charge in [0.25, 0.3) is 0 Å². The average molecular weight is 249 g/mol. The smallest absolute Gasteiger partial charge is 0.0883 e. The number of hydrogen-bond acceptors (Lipinski definition) is 3. The van der Waals surface area contributed by atoms with E-state index in [1.54, 1.807) is 0 Å². The van der Waals surface area contributed by atoms with Gasteiger partial charge in [-0.2, -0.15) is 0 Å². The Morgan fingerprint density at radius 2 is 2.22 bits per heavy atom. The van der Waals surface area contributed by atoms with Crippen LogP contribution in [0.25, 0.3) is 0 Å². The number of ether oxygens (including phenoxy) is 1. The van der Waals surface area contributed by atoms with Crippen LogP contribution in [0.1, 0.15) is 35.6 Å². The van der Waals surface area contributed by atoms with Gasteiger partial charge in [-0.15, -0.1) is 0 Å². The highest BCUT2D eigenvalue weighted by Gasteiger charge is 2.40. The van der Waals surface area contributed by atoms with E-state index in [1.807, 2.05) is 19.1 Å². The van der Waals surface area contributed by atoms with E-state index in [1.165, 1.54) is 5.56 Å². The maximum atomic E-state index is 10.7. The van der Waals surface area contributed by atoms with E-state index in [-0.39, 0.29) is 5.41 Å². The number of rotatable bonds is 3. The van der Waals surface area contributed by atoms with E-state index in [0.29, 0.717) is 13.2 Å². The molecule has 2 unspecified atom stereocenters.